The number of carboxylic acids is 2. The molecule has 3 atom stereocenters. The highest BCUT2D eigenvalue weighted by atomic mass is 16.5. The molecule has 7 heteroatoms. The van der Waals surface area contributed by atoms with E-state index in [0.717, 1.165) is 0 Å². The Labute approximate surface area is 120 Å². The highest BCUT2D eigenvalue weighted by molar-refractivity contribution is 5.87. The van der Waals surface area contributed by atoms with E-state index in [1.54, 1.807) is 30.3 Å². The van der Waals surface area contributed by atoms with Crippen LogP contribution in [-0.4, -0.2) is 40.3 Å². The van der Waals surface area contributed by atoms with Gasteiger partial charge < -0.3 is 20.3 Å². The molecule has 0 spiro atoms. The van der Waals surface area contributed by atoms with Gasteiger partial charge in [0.25, 0.3) is 0 Å². The molecule has 21 heavy (non-hydrogen) atoms. The van der Waals surface area contributed by atoms with Crippen molar-refractivity contribution in [1.82, 2.24) is 5.32 Å². The fraction of sp³-hybridized carbons (Fsp3) is 0.357. The van der Waals surface area contributed by atoms with Crippen LogP contribution in [-0.2, 0) is 19.1 Å². The SMILES string of the molecule is O=C(O)C(NC(=O)[C@H]1CC[C@@H](C(=O)O)O1)c1ccccc1. The number of aliphatic carboxylic acids is 2. The molecule has 0 radical (unpaired) electrons. The lowest BCUT2D eigenvalue weighted by Crippen LogP contribution is -2.40. The van der Waals surface area contributed by atoms with Crippen molar-refractivity contribution in [3.63, 3.8) is 0 Å². The lowest BCUT2D eigenvalue weighted by molar-refractivity contribution is -0.153. The number of nitrogens with one attached hydrogen (secondary N) is 1. The number of carbonyl (C=O) groups excluding carboxylic acids is 1. The van der Waals surface area contributed by atoms with E-state index in [2.05, 4.69) is 5.32 Å². The summed E-state index contributed by atoms with van der Waals surface area (Å²) in [5.41, 5.74) is 0.436. The fourth-order valence-corrected chi connectivity index (χ4v) is 2.18. The summed E-state index contributed by atoms with van der Waals surface area (Å²) in [6.07, 6.45) is -1.46. The molecule has 7 nitrogen and oxygen atoms in total. The van der Waals surface area contributed by atoms with E-state index < -0.39 is 36.1 Å². The summed E-state index contributed by atoms with van der Waals surface area (Å²) in [6.45, 7) is 0. The van der Waals surface area contributed by atoms with E-state index in [4.69, 9.17) is 9.84 Å². The molecule has 1 aliphatic heterocycles. The molecular weight excluding hydrogens is 278 g/mol. The molecule has 1 aromatic carbocycles. The minimum Gasteiger partial charge on any atom is -0.479 e. The van der Waals surface area contributed by atoms with Crippen molar-refractivity contribution in [1.29, 1.82) is 0 Å². The predicted molar refractivity (Wildman–Crippen MR) is 70.5 cm³/mol. The second-order valence-corrected chi connectivity index (χ2v) is 4.72. The van der Waals surface area contributed by atoms with Crippen LogP contribution in [0.3, 0.4) is 0 Å². The molecule has 1 fully saturated rings. The number of hydrogen-bond acceptors (Lipinski definition) is 4. The van der Waals surface area contributed by atoms with Crippen LogP contribution in [0.4, 0.5) is 0 Å². The summed E-state index contributed by atoms with van der Waals surface area (Å²) >= 11 is 0. The van der Waals surface area contributed by atoms with E-state index in [-0.39, 0.29) is 12.8 Å². The van der Waals surface area contributed by atoms with E-state index in [9.17, 15) is 19.5 Å². The Hall–Kier alpha value is -2.41. The van der Waals surface area contributed by atoms with Crippen LogP contribution in [0.1, 0.15) is 24.4 Å². The van der Waals surface area contributed by atoms with Gasteiger partial charge >= 0.3 is 11.9 Å². The lowest BCUT2D eigenvalue weighted by Gasteiger charge is -2.17. The highest BCUT2D eigenvalue weighted by Gasteiger charge is 2.36. The first-order chi connectivity index (χ1) is 9.99. The van der Waals surface area contributed by atoms with E-state index in [1.165, 1.54) is 0 Å². The second kappa shape index (κ2) is 6.36. The molecule has 0 aromatic heterocycles. The van der Waals surface area contributed by atoms with Crippen LogP contribution in [0.15, 0.2) is 30.3 Å². The minimum absolute atomic E-state index is 0.233. The predicted octanol–water partition coefficient (Wildman–Crippen LogP) is 0.561. The van der Waals surface area contributed by atoms with Crippen molar-refractivity contribution >= 4 is 17.8 Å². The Kier molecular flexibility index (Phi) is 4.54. The Bertz CT molecular complexity index is 544. The molecule has 1 aliphatic rings. The van der Waals surface area contributed by atoms with Crippen molar-refractivity contribution in [2.75, 3.05) is 0 Å². The first-order valence-electron chi connectivity index (χ1n) is 6.45. The number of carboxylic acid groups (broad SMARTS) is 2. The van der Waals surface area contributed by atoms with E-state index in [0.29, 0.717) is 5.56 Å². The van der Waals surface area contributed by atoms with Crippen LogP contribution in [0, 0.1) is 0 Å². The first-order valence-corrected chi connectivity index (χ1v) is 6.45. The largest absolute Gasteiger partial charge is 0.479 e. The van der Waals surface area contributed by atoms with Crippen LogP contribution >= 0.6 is 0 Å². The van der Waals surface area contributed by atoms with Crippen molar-refractivity contribution in [2.45, 2.75) is 31.1 Å². The maximum absolute atomic E-state index is 12.0. The Morgan fingerprint density at radius 3 is 2.24 bits per heavy atom. The number of rotatable bonds is 5. The molecule has 2 rings (SSSR count). The van der Waals surface area contributed by atoms with Crippen molar-refractivity contribution in [3.05, 3.63) is 35.9 Å². The third kappa shape index (κ3) is 3.57. The maximum Gasteiger partial charge on any atom is 0.332 e. The van der Waals surface area contributed by atoms with Gasteiger partial charge in [0.05, 0.1) is 0 Å². The normalized spacial score (nSPS) is 22.5. The van der Waals surface area contributed by atoms with Gasteiger partial charge in [-0.15, -0.1) is 0 Å². The number of hydrogen-bond donors (Lipinski definition) is 3. The second-order valence-electron chi connectivity index (χ2n) is 4.72. The highest BCUT2D eigenvalue weighted by Crippen LogP contribution is 2.21. The van der Waals surface area contributed by atoms with Gasteiger partial charge in [0.2, 0.25) is 5.91 Å². The fourth-order valence-electron chi connectivity index (χ4n) is 2.18. The molecular formula is C14H15NO6. The molecule has 0 bridgehead atoms. The first kappa shape index (κ1) is 15.0. The molecule has 1 amide bonds. The van der Waals surface area contributed by atoms with Gasteiger partial charge in [0, 0.05) is 0 Å². The average molecular weight is 293 g/mol. The number of amides is 1. The van der Waals surface area contributed by atoms with Crippen LogP contribution < -0.4 is 5.32 Å². The standard InChI is InChI=1S/C14H15NO6/c16-12(9-6-7-10(21-9)13(17)18)15-11(14(19)20)8-4-2-1-3-5-8/h1-5,9-11H,6-7H2,(H,15,16)(H,17,18)(H,19,20)/t9-,10+,11?/m1/s1. The zero-order chi connectivity index (χ0) is 15.4. The zero-order valence-corrected chi connectivity index (χ0v) is 11.1. The molecule has 1 unspecified atom stereocenters. The summed E-state index contributed by atoms with van der Waals surface area (Å²) in [6, 6.07) is 7.07. The van der Waals surface area contributed by atoms with Gasteiger partial charge in [-0.2, -0.15) is 0 Å². The number of benzene rings is 1. The maximum atomic E-state index is 12.0. The third-order valence-electron chi connectivity index (χ3n) is 3.25. The van der Waals surface area contributed by atoms with Crippen LogP contribution in [0.25, 0.3) is 0 Å². The Morgan fingerprint density at radius 1 is 1.10 bits per heavy atom. The van der Waals surface area contributed by atoms with E-state index >= 15 is 0 Å². The monoisotopic (exact) mass is 293 g/mol. The summed E-state index contributed by atoms with van der Waals surface area (Å²) < 4.78 is 5.10. The van der Waals surface area contributed by atoms with Crippen LogP contribution in [0.5, 0.6) is 0 Å². The Morgan fingerprint density at radius 2 is 1.71 bits per heavy atom. The lowest BCUT2D eigenvalue weighted by atomic mass is 10.1. The molecule has 0 aliphatic carbocycles. The summed E-state index contributed by atoms with van der Waals surface area (Å²) in [5, 5.41) is 20.4. The van der Waals surface area contributed by atoms with Gasteiger partial charge in [-0.25, -0.2) is 9.59 Å². The van der Waals surface area contributed by atoms with Gasteiger partial charge in [0.15, 0.2) is 12.1 Å². The van der Waals surface area contributed by atoms with Gasteiger partial charge in [-0.1, -0.05) is 30.3 Å². The van der Waals surface area contributed by atoms with Gasteiger partial charge in [0.1, 0.15) is 6.10 Å². The summed E-state index contributed by atoms with van der Waals surface area (Å²) in [4.78, 5) is 34.1. The average Bonchev–Trinajstić information content (AvgIpc) is 2.95. The molecule has 1 aromatic rings. The molecule has 3 N–H and O–H groups in total. The smallest absolute Gasteiger partial charge is 0.332 e. The topological polar surface area (TPSA) is 113 Å². The summed E-state index contributed by atoms with van der Waals surface area (Å²) in [7, 11) is 0. The molecule has 112 valence electrons. The molecule has 0 saturated carbocycles. The van der Waals surface area contributed by atoms with Crippen molar-refractivity contribution < 1.29 is 29.3 Å². The van der Waals surface area contributed by atoms with Gasteiger partial charge in [-0.3, -0.25) is 4.79 Å². The van der Waals surface area contributed by atoms with Gasteiger partial charge in [-0.05, 0) is 18.4 Å². The van der Waals surface area contributed by atoms with E-state index in [1.807, 2.05) is 0 Å². The number of ether oxygens (including phenoxy) is 1. The third-order valence-corrected chi connectivity index (χ3v) is 3.25. The number of carbonyl (C=O) groups is 3. The molecule has 1 heterocycles. The minimum atomic E-state index is -1.19. The Balaban J connectivity index is 2.03. The van der Waals surface area contributed by atoms with Crippen molar-refractivity contribution in [2.24, 2.45) is 0 Å². The summed E-state index contributed by atoms with van der Waals surface area (Å²) in [5.74, 6) is -2.93. The zero-order valence-electron chi connectivity index (χ0n) is 11.1. The quantitative estimate of drug-likeness (QED) is 0.731. The van der Waals surface area contributed by atoms with Crippen molar-refractivity contribution in [3.8, 4) is 0 Å². The molecule has 1 saturated heterocycles. The van der Waals surface area contributed by atoms with Crippen LogP contribution in [0.2, 0.25) is 0 Å².